The highest BCUT2D eigenvalue weighted by Gasteiger charge is 2.70. The lowest BCUT2D eigenvalue weighted by molar-refractivity contribution is -0.371. The molecule has 0 amide bonds. The molecule has 3 nitrogen and oxygen atoms in total. The summed E-state index contributed by atoms with van der Waals surface area (Å²) in [5, 5.41) is 8.87. The predicted molar refractivity (Wildman–Crippen MR) is 61.3 cm³/mol. The number of alkyl halides is 6. The summed E-state index contributed by atoms with van der Waals surface area (Å²) in [6.45, 7) is 3.61. The molecule has 21 heavy (non-hydrogen) atoms. The molecule has 0 aliphatic carbocycles. The lowest BCUT2D eigenvalue weighted by atomic mass is 9.85. The highest BCUT2D eigenvalue weighted by molar-refractivity contribution is 5.76. The maximum Gasteiger partial charge on any atom is 0.426 e. The third-order valence-electron chi connectivity index (χ3n) is 3.69. The van der Waals surface area contributed by atoms with E-state index in [1.807, 2.05) is 0 Å². The van der Waals surface area contributed by atoms with Gasteiger partial charge in [0.2, 0.25) is 0 Å². The molecule has 9 heteroatoms. The number of carbonyl (C=O) groups excluding carboxylic acids is 1. The number of aliphatic hydroxyl groups is 1. The summed E-state index contributed by atoms with van der Waals surface area (Å²) < 4.78 is 78.8. The molecule has 0 aromatic heterocycles. The number of rotatable bonds is 6. The smallest absolute Gasteiger partial charge is 0.426 e. The first-order valence-electron chi connectivity index (χ1n) is 6.28. The Bertz CT molecular complexity index is 343. The fourth-order valence-corrected chi connectivity index (χ4v) is 1.45. The summed E-state index contributed by atoms with van der Waals surface area (Å²) in [5.74, 6) is -0.890. The van der Waals surface area contributed by atoms with Crippen LogP contribution in [-0.2, 0) is 9.53 Å². The first kappa shape index (κ1) is 20.0. The Morgan fingerprint density at radius 3 is 1.67 bits per heavy atom. The van der Waals surface area contributed by atoms with Crippen molar-refractivity contribution in [1.29, 1.82) is 0 Å². The molecule has 0 aromatic rings. The van der Waals surface area contributed by atoms with Gasteiger partial charge in [0.1, 0.15) is 0 Å². The molecule has 0 rings (SSSR count). The van der Waals surface area contributed by atoms with Crippen LogP contribution in [0.5, 0.6) is 0 Å². The van der Waals surface area contributed by atoms with Crippen LogP contribution in [0.15, 0.2) is 0 Å². The molecule has 0 bridgehead atoms. The molecule has 126 valence electrons. The van der Waals surface area contributed by atoms with Crippen molar-refractivity contribution in [1.82, 2.24) is 0 Å². The molecule has 0 aromatic carbocycles. The highest BCUT2D eigenvalue weighted by atomic mass is 19.4. The number of carbonyl (C=O) groups is 1. The monoisotopic (exact) mass is 324 g/mol. The summed E-state index contributed by atoms with van der Waals surface area (Å²) in [7, 11) is 0. The van der Waals surface area contributed by atoms with Crippen LogP contribution in [0.2, 0.25) is 0 Å². The normalized spacial score (nSPS) is 14.2. The lowest BCUT2D eigenvalue weighted by Crippen LogP contribution is -2.57. The van der Waals surface area contributed by atoms with Gasteiger partial charge in [-0.3, -0.25) is 4.79 Å². The molecular formula is C12H18F6O3. The van der Waals surface area contributed by atoms with Gasteiger partial charge in [0, 0.05) is 6.42 Å². The molecule has 0 unspecified atom stereocenters. The van der Waals surface area contributed by atoms with Gasteiger partial charge in [-0.05, 0) is 19.8 Å². The number of ether oxygens (including phenoxy) is 1. The van der Waals surface area contributed by atoms with Crippen molar-refractivity contribution in [2.75, 3.05) is 6.61 Å². The van der Waals surface area contributed by atoms with Crippen molar-refractivity contribution < 1.29 is 41.0 Å². The topological polar surface area (TPSA) is 46.5 Å². The zero-order valence-electron chi connectivity index (χ0n) is 11.9. The van der Waals surface area contributed by atoms with Crippen molar-refractivity contribution in [3.05, 3.63) is 0 Å². The standard InChI is InChI=1S/C12H18F6O3/c1-4-9(3,5-2)8(19)21-7-6-10(20,11(13,14)15)12(16,17)18/h20H,4-7H2,1-3H3. The fraction of sp³-hybridized carbons (Fsp3) is 0.917. The van der Waals surface area contributed by atoms with Crippen molar-refractivity contribution in [2.45, 2.75) is 58.0 Å². The van der Waals surface area contributed by atoms with Gasteiger partial charge in [-0.2, -0.15) is 26.3 Å². The minimum atomic E-state index is -5.91. The van der Waals surface area contributed by atoms with Crippen LogP contribution in [0, 0.1) is 5.41 Å². The van der Waals surface area contributed by atoms with E-state index in [1.54, 1.807) is 13.8 Å². The van der Waals surface area contributed by atoms with Crippen LogP contribution in [0.3, 0.4) is 0 Å². The summed E-state index contributed by atoms with van der Waals surface area (Å²) in [6.07, 6.45) is -13.0. The van der Waals surface area contributed by atoms with Crippen molar-refractivity contribution in [2.24, 2.45) is 5.41 Å². The van der Waals surface area contributed by atoms with Gasteiger partial charge in [-0.1, -0.05) is 13.8 Å². The first-order chi connectivity index (χ1) is 9.25. The van der Waals surface area contributed by atoms with Gasteiger partial charge in [0.15, 0.2) is 0 Å². The Balaban J connectivity index is 4.87. The molecule has 0 atom stereocenters. The van der Waals surface area contributed by atoms with E-state index in [-0.39, 0.29) is 0 Å². The maximum atomic E-state index is 12.4. The molecule has 0 heterocycles. The van der Waals surface area contributed by atoms with Crippen LogP contribution < -0.4 is 0 Å². The molecule has 0 aliphatic rings. The minimum Gasteiger partial charge on any atom is -0.465 e. The van der Waals surface area contributed by atoms with Gasteiger partial charge in [0.25, 0.3) is 5.60 Å². The Kier molecular flexibility index (Phi) is 6.11. The number of hydrogen-bond acceptors (Lipinski definition) is 3. The van der Waals surface area contributed by atoms with Crippen molar-refractivity contribution in [3.8, 4) is 0 Å². The van der Waals surface area contributed by atoms with E-state index >= 15 is 0 Å². The quantitative estimate of drug-likeness (QED) is 0.600. The van der Waals surface area contributed by atoms with Crippen LogP contribution in [0.4, 0.5) is 26.3 Å². The zero-order valence-corrected chi connectivity index (χ0v) is 11.9. The van der Waals surface area contributed by atoms with E-state index in [0.717, 1.165) is 0 Å². The highest BCUT2D eigenvalue weighted by Crippen LogP contribution is 2.45. The van der Waals surface area contributed by atoms with Crippen LogP contribution in [0.25, 0.3) is 0 Å². The van der Waals surface area contributed by atoms with Gasteiger partial charge in [-0.25, -0.2) is 0 Å². The number of halogens is 6. The van der Waals surface area contributed by atoms with E-state index in [2.05, 4.69) is 4.74 Å². The van der Waals surface area contributed by atoms with E-state index in [4.69, 9.17) is 5.11 Å². The second-order valence-corrected chi connectivity index (χ2v) is 5.01. The summed E-state index contributed by atoms with van der Waals surface area (Å²) in [5.41, 5.74) is -5.87. The van der Waals surface area contributed by atoms with E-state index in [9.17, 15) is 31.1 Å². The average molecular weight is 324 g/mol. The SMILES string of the molecule is CCC(C)(CC)C(=O)OCCC(O)(C(F)(F)F)C(F)(F)F. The average Bonchev–Trinajstić information content (AvgIpc) is 2.34. The third-order valence-corrected chi connectivity index (χ3v) is 3.69. The van der Waals surface area contributed by atoms with E-state index in [1.165, 1.54) is 6.92 Å². The van der Waals surface area contributed by atoms with Crippen LogP contribution >= 0.6 is 0 Å². The van der Waals surface area contributed by atoms with Gasteiger partial charge in [-0.15, -0.1) is 0 Å². The molecule has 1 N–H and O–H groups in total. The van der Waals surface area contributed by atoms with Gasteiger partial charge in [0.05, 0.1) is 12.0 Å². The Hall–Kier alpha value is -0.990. The molecule has 0 aliphatic heterocycles. The zero-order chi connectivity index (χ0) is 17.1. The molecule has 0 saturated carbocycles. The molecule has 0 spiro atoms. The second-order valence-electron chi connectivity index (χ2n) is 5.01. The molecular weight excluding hydrogens is 306 g/mol. The molecule has 0 radical (unpaired) electrons. The van der Waals surface area contributed by atoms with Crippen LogP contribution in [-0.4, -0.2) is 35.6 Å². The molecule has 0 saturated heterocycles. The summed E-state index contributed by atoms with van der Waals surface area (Å²) in [4.78, 5) is 11.6. The fourth-order valence-electron chi connectivity index (χ4n) is 1.45. The summed E-state index contributed by atoms with van der Waals surface area (Å²) >= 11 is 0. The van der Waals surface area contributed by atoms with Crippen molar-refractivity contribution in [3.63, 3.8) is 0 Å². The Labute approximate surface area is 118 Å². The Morgan fingerprint density at radius 1 is 1.00 bits per heavy atom. The second kappa shape index (κ2) is 6.41. The third kappa shape index (κ3) is 4.24. The van der Waals surface area contributed by atoms with Gasteiger partial charge >= 0.3 is 18.3 Å². The Morgan fingerprint density at radius 2 is 1.38 bits per heavy atom. The predicted octanol–water partition coefficient (Wildman–Crippen LogP) is 3.60. The first-order valence-corrected chi connectivity index (χ1v) is 6.28. The van der Waals surface area contributed by atoms with E-state index < -0.39 is 42.4 Å². The minimum absolute atomic E-state index is 0.325. The van der Waals surface area contributed by atoms with Crippen molar-refractivity contribution >= 4 is 5.97 Å². The van der Waals surface area contributed by atoms with Crippen LogP contribution in [0.1, 0.15) is 40.0 Å². The van der Waals surface area contributed by atoms with Gasteiger partial charge < -0.3 is 9.84 Å². The summed E-state index contributed by atoms with van der Waals surface area (Å²) in [6, 6.07) is 0. The maximum absolute atomic E-state index is 12.4. The largest absolute Gasteiger partial charge is 0.465 e. The lowest BCUT2D eigenvalue weighted by Gasteiger charge is -2.32. The molecule has 0 fully saturated rings. The number of esters is 1. The van der Waals surface area contributed by atoms with E-state index in [0.29, 0.717) is 12.8 Å². The number of hydrogen-bond donors (Lipinski definition) is 1.